The van der Waals surface area contributed by atoms with Gasteiger partial charge in [0.25, 0.3) is 5.91 Å². The van der Waals surface area contributed by atoms with E-state index in [1.807, 2.05) is 24.3 Å². The van der Waals surface area contributed by atoms with E-state index in [-0.39, 0.29) is 22.6 Å². The fraction of sp³-hybridized carbons (Fsp3) is 0.182. The van der Waals surface area contributed by atoms with Crippen molar-refractivity contribution in [1.82, 2.24) is 4.98 Å². The third kappa shape index (κ3) is 4.34. The van der Waals surface area contributed by atoms with Gasteiger partial charge >= 0.3 is 0 Å². The third-order valence-corrected chi connectivity index (χ3v) is 4.22. The second kappa shape index (κ2) is 7.76. The summed E-state index contributed by atoms with van der Waals surface area (Å²) in [5.74, 6) is -1.82. The first-order valence-corrected chi connectivity index (χ1v) is 8.82. The van der Waals surface area contributed by atoms with Crippen molar-refractivity contribution in [2.75, 3.05) is 10.6 Å². The number of aromatic nitrogens is 1. The molecule has 4 nitrogen and oxygen atoms in total. The van der Waals surface area contributed by atoms with E-state index in [1.165, 1.54) is 24.5 Å². The molecule has 0 bridgehead atoms. The molecule has 1 heterocycles. The van der Waals surface area contributed by atoms with Crippen molar-refractivity contribution < 1.29 is 13.6 Å². The molecule has 1 aromatic heterocycles. The lowest BCUT2D eigenvalue weighted by atomic mass is 9.86. The van der Waals surface area contributed by atoms with Gasteiger partial charge in [-0.1, -0.05) is 45.0 Å². The molecule has 0 fully saturated rings. The van der Waals surface area contributed by atoms with Crippen LogP contribution in [0.4, 0.5) is 25.8 Å². The summed E-state index contributed by atoms with van der Waals surface area (Å²) in [5, 5.41) is 5.54. The molecule has 0 unspecified atom stereocenters. The summed E-state index contributed by atoms with van der Waals surface area (Å²) >= 11 is 0. The van der Waals surface area contributed by atoms with E-state index < -0.39 is 11.6 Å². The first-order chi connectivity index (χ1) is 13.3. The van der Waals surface area contributed by atoms with E-state index in [0.29, 0.717) is 11.4 Å². The van der Waals surface area contributed by atoms with Gasteiger partial charge in [0.1, 0.15) is 17.3 Å². The molecule has 0 radical (unpaired) electrons. The number of nitrogens with zero attached hydrogens (tertiary/aromatic N) is 1. The van der Waals surface area contributed by atoms with Crippen LogP contribution in [0.3, 0.4) is 0 Å². The Balaban J connectivity index is 1.84. The number of carbonyl (C=O) groups excluding carboxylic acids is 1. The third-order valence-electron chi connectivity index (χ3n) is 4.22. The van der Waals surface area contributed by atoms with Crippen LogP contribution in [0.2, 0.25) is 0 Å². The highest BCUT2D eigenvalue weighted by molar-refractivity contribution is 6.05. The number of rotatable bonds is 4. The van der Waals surface area contributed by atoms with E-state index in [4.69, 9.17) is 0 Å². The molecule has 3 aromatic rings. The van der Waals surface area contributed by atoms with Gasteiger partial charge in [-0.2, -0.15) is 0 Å². The summed E-state index contributed by atoms with van der Waals surface area (Å²) in [4.78, 5) is 16.7. The lowest BCUT2D eigenvalue weighted by molar-refractivity contribution is 0.102. The zero-order valence-electron chi connectivity index (χ0n) is 15.9. The average Bonchev–Trinajstić information content (AvgIpc) is 2.65. The van der Waals surface area contributed by atoms with Gasteiger partial charge in [0.2, 0.25) is 0 Å². The zero-order chi connectivity index (χ0) is 20.3. The number of amides is 1. The van der Waals surface area contributed by atoms with Gasteiger partial charge in [-0.25, -0.2) is 8.78 Å². The Morgan fingerprint density at radius 1 is 0.964 bits per heavy atom. The molecule has 28 heavy (non-hydrogen) atoms. The Kier molecular flexibility index (Phi) is 5.40. The quantitative estimate of drug-likeness (QED) is 0.614. The van der Waals surface area contributed by atoms with E-state index in [1.54, 1.807) is 0 Å². The van der Waals surface area contributed by atoms with Crippen LogP contribution in [-0.4, -0.2) is 10.9 Å². The van der Waals surface area contributed by atoms with Gasteiger partial charge in [-0.15, -0.1) is 0 Å². The number of anilines is 3. The van der Waals surface area contributed by atoms with Crippen molar-refractivity contribution in [3.05, 3.63) is 83.7 Å². The molecule has 0 aliphatic heterocycles. The fourth-order valence-corrected chi connectivity index (χ4v) is 2.83. The molecule has 0 saturated carbocycles. The number of nitrogens with one attached hydrogen (secondary N) is 2. The topological polar surface area (TPSA) is 54.0 Å². The van der Waals surface area contributed by atoms with Gasteiger partial charge in [0, 0.05) is 11.9 Å². The monoisotopic (exact) mass is 381 g/mol. The summed E-state index contributed by atoms with van der Waals surface area (Å²) in [6.45, 7) is 6.19. The smallest absolute Gasteiger partial charge is 0.257 e. The van der Waals surface area contributed by atoms with Crippen molar-refractivity contribution >= 4 is 23.0 Å². The zero-order valence-corrected chi connectivity index (χ0v) is 15.9. The summed E-state index contributed by atoms with van der Waals surface area (Å²) < 4.78 is 27.7. The second-order valence-electron chi connectivity index (χ2n) is 7.43. The molecule has 0 aliphatic carbocycles. The van der Waals surface area contributed by atoms with E-state index in [2.05, 4.69) is 36.4 Å². The molecule has 0 saturated heterocycles. The molecule has 144 valence electrons. The Hall–Kier alpha value is -3.28. The molecule has 0 atom stereocenters. The highest BCUT2D eigenvalue weighted by Crippen LogP contribution is 2.30. The first-order valence-electron chi connectivity index (χ1n) is 8.82. The van der Waals surface area contributed by atoms with Crippen LogP contribution >= 0.6 is 0 Å². The standard InChI is InChI=1S/C22H21F2N3O/c1-22(2,3)16-7-4-5-10-19(16)27-21(28)14-11-15(13-25-12-14)26-20-17(23)8-6-9-18(20)24/h4-13,26H,1-3H3,(H,27,28). The number of benzene rings is 2. The number of carbonyl (C=O) groups is 1. The highest BCUT2D eigenvalue weighted by atomic mass is 19.1. The maximum Gasteiger partial charge on any atom is 0.257 e. The van der Waals surface area contributed by atoms with Gasteiger partial charge < -0.3 is 10.6 Å². The summed E-state index contributed by atoms with van der Waals surface area (Å²) in [5.41, 5.74) is 1.84. The fourth-order valence-electron chi connectivity index (χ4n) is 2.83. The molecule has 1 amide bonds. The lowest BCUT2D eigenvalue weighted by Crippen LogP contribution is -2.19. The van der Waals surface area contributed by atoms with Gasteiger partial charge in [0.15, 0.2) is 0 Å². The van der Waals surface area contributed by atoms with Crippen LogP contribution in [0.5, 0.6) is 0 Å². The molecule has 6 heteroatoms. The number of para-hydroxylation sites is 2. The van der Waals surface area contributed by atoms with Crippen molar-refractivity contribution in [2.45, 2.75) is 26.2 Å². The first kappa shape index (κ1) is 19.5. The van der Waals surface area contributed by atoms with Crippen molar-refractivity contribution in [1.29, 1.82) is 0 Å². The summed E-state index contributed by atoms with van der Waals surface area (Å²) in [6.07, 6.45) is 2.80. The van der Waals surface area contributed by atoms with Crippen LogP contribution in [-0.2, 0) is 5.41 Å². The number of halogens is 2. The summed E-state index contributed by atoms with van der Waals surface area (Å²) in [7, 11) is 0. The van der Waals surface area contributed by atoms with Crippen LogP contribution in [0.25, 0.3) is 0 Å². The van der Waals surface area contributed by atoms with Crippen LogP contribution < -0.4 is 10.6 Å². The maximum atomic E-state index is 13.8. The molecular weight excluding hydrogens is 360 g/mol. The van der Waals surface area contributed by atoms with Gasteiger partial charge in [0.05, 0.1) is 17.4 Å². The van der Waals surface area contributed by atoms with Crippen LogP contribution in [0.15, 0.2) is 60.9 Å². The molecule has 2 aromatic carbocycles. The SMILES string of the molecule is CC(C)(C)c1ccccc1NC(=O)c1cncc(Nc2c(F)cccc2F)c1. The van der Waals surface area contributed by atoms with E-state index >= 15 is 0 Å². The Morgan fingerprint density at radius 3 is 2.32 bits per heavy atom. The Morgan fingerprint density at radius 2 is 1.64 bits per heavy atom. The largest absolute Gasteiger partial charge is 0.349 e. The van der Waals surface area contributed by atoms with Crippen LogP contribution in [0, 0.1) is 11.6 Å². The predicted molar refractivity (Wildman–Crippen MR) is 107 cm³/mol. The molecule has 3 rings (SSSR count). The van der Waals surface area contributed by atoms with Crippen molar-refractivity contribution in [2.24, 2.45) is 0 Å². The number of hydrogen-bond acceptors (Lipinski definition) is 3. The molecule has 0 spiro atoms. The molecular formula is C22H21F2N3O. The molecule has 2 N–H and O–H groups in total. The second-order valence-corrected chi connectivity index (χ2v) is 7.43. The number of hydrogen-bond donors (Lipinski definition) is 2. The minimum atomic E-state index is -0.728. The Labute approximate surface area is 162 Å². The predicted octanol–water partition coefficient (Wildman–Crippen LogP) is 5.65. The van der Waals surface area contributed by atoms with Gasteiger partial charge in [-0.05, 0) is 35.2 Å². The van der Waals surface area contributed by atoms with E-state index in [9.17, 15) is 13.6 Å². The van der Waals surface area contributed by atoms with Crippen molar-refractivity contribution in [3.63, 3.8) is 0 Å². The minimum Gasteiger partial charge on any atom is -0.349 e. The normalized spacial score (nSPS) is 11.2. The van der Waals surface area contributed by atoms with Crippen molar-refractivity contribution in [3.8, 4) is 0 Å². The maximum absolute atomic E-state index is 13.8. The average molecular weight is 381 g/mol. The minimum absolute atomic E-state index is 0.145. The molecule has 0 aliphatic rings. The number of pyridine rings is 1. The Bertz CT molecular complexity index is 992. The lowest BCUT2D eigenvalue weighted by Gasteiger charge is -2.23. The van der Waals surface area contributed by atoms with Gasteiger partial charge in [-0.3, -0.25) is 9.78 Å². The van der Waals surface area contributed by atoms with Crippen LogP contribution in [0.1, 0.15) is 36.7 Å². The van der Waals surface area contributed by atoms with E-state index in [0.717, 1.165) is 17.7 Å². The highest BCUT2D eigenvalue weighted by Gasteiger charge is 2.19. The summed E-state index contributed by atoms with van der Waals surface area (Å²) in [6, 6.07) is 12.7.